The molecule has 0 aromatic heterocycles. The van der Waals surface area contributed by atoms with Crippen molar-refractivity contribution in [1.82, 2.24) is 5.32 Å². The third-order valence-corrected chi connectivity index (χ3v) is 3.91. The summed E-state index contributed by atoms with van der Waals surface area (Å²) in [5, 5.41) is 5.76. The largest absolute Gasteiger partial charge is 0.493 e. The van der Waals surface area contributed by atoms with Crippen LogP contribution in [-0.4, -0.2) is 25.2 Å². The van der Waals surface area contributed by atoms with Crippen molar-refractivity contribution >= 4 is 50.9 Å². The van der Waals surface area contributed by atoms with E-state index in [0.29, 0.717) is 11.5 Å². The van der Waals surface area contributed by atoms with E-state index in [0.717, 1.165) is 15.7 Å². The second kappa shape index (κ2) is 9.19. The number of hydrogen-bond donors (Lipinski definition) is 2. The first-order valence-corrected chi connectivity index (χ1v) is 8.49. The first-order chi connectivity index (χ1) is 12.0. The molecule has 0 aliphatic rings. The maximum absolute atomic E-state index is 12.0. The fourth-order valence-electron chi connectivity index (χ4n) is 1.98. The molecular formula is C18H17BrN2O3S. The number of nitrogens with one attached hydrogen (secondary N) is 2. The van der Waals surface area contributed by atoms with Gasteiger partial charge in [-0.25, -0.2) is 0 Å². The van der Waals surface area contributed by atoms with Crippen LogP contribution in [0.3, 0.4) is 0 Å². The van der Waals surface area contributed by atoms with Gasteiger partial charge in [-0.2, -0.15) is 0 Å². The lowest BCUT2D eigenvalue weighted by molar-refractivity contribution is -0.115. The summed E-state index contributed by atoms with van der Waals surface area (Å²) in [6, 6.07) is 12.8. The molecule has 130 valence electrons. The zero-order valence-corrected chi connectivity index (χ0v) is 16.1. The van der Waals surface area contributed by atoms with Crippen LogP contribution in [0.15, 0.2) is 53.0 Å². The molecular weight excluding hydrogens is 404 g/mol. The van der Waals surface area contributed by atoms with E-state index in [2.05, 4.69) is 26.6 Å². The number of thiocarbonyl (C=S) groups is 1. The smallest absolute Gasteiger partial charge is 0.250 e. The summed E-state index contributed by atoms with van der Waals surface area (Å²) in [7, 11) is 3.13. The van der Waals surface area contributed by atoms with E-state index in [1.807, 2.05) is 30.3 Å². The van der Waals surface area contributed by atoms with Gasteiger partial charge >= 0.3 is 0 Å². The van der Waals surface area contributed by atoms with Crippen LogP contribution < -0.4 is 20.1 Å². The Labute approximate surface area is 160 Å². The van der Waals surface area contributed by atoms with Crippen LogP contribution in [0.1, 0.15) is 5.56 Å². The molecule has 0 heterocycles. The summed E-state index contributed by atoms with van der Waals surface area (Å²) in [5.74, 6) is 0.894. The summed E-state index contributed by atoms with van der Waals surface area (Å²) >= 11 is 8.48. The number of ether oxygens (including phenoxy) is 2. The van der Waals surface area contributed by atoms with Gasteiger partial charge in [-0.15, -0.1) is 0 Å². The average molecular weight is 421 g/mol. The number of halogens is 1. The molecule has 0 spiro atoms. The molecule has 5 nitrogen and oxygen atoms in total. The molecule has 0 saturated heterocycles. The second-order valence-electron chi connectivity index (χ2n) is 4.90. The Kier molecular flexibility index (Phi) is 6.97. The van der Waals surface area contributed by atoms with Gasteiger partial charge in [-0.05, 0) is 60.3 Å². The summed E-state index contributed by atoms with van der Waals surface area (Å²) in [6.45, 7) is 0. The lowest BCUT2D eigenvalue weighted by Crippen LogP contribution is -2.32. The number of methoxy groups -OCH3 is 2. The van der Waals surface area contributed by atoms with Crippen LogP contribution in [0.25, 0.3) is 6.08 Å². The molecule has 2 aromatic carbocycles. The zero-order chi connectivity index (χ0) is 18.2. The van der Waals surface area contributed by atoms with E-state index < -0.39 is 0 Å². The first kappa shape index (κ1) is 19.0. The molecule has 7 heteroatoms. The van der Waals surface area contributed by atoms with Crippen molar-refractivity contribution in [2.75, 3.05) is 19.5 Å². The summed E-state index contributed by atoms with van der Waals surface area (Å²) in [4.78, 5) is 12.0. The van der Waals surface area contributed by atoms with Crippen molar-refractivity contribution in [2.45, 2.75) is 0 Å². The number of benzene rings is 2. The van der Waals surface area contributed by atoms with Crippen LogP contribution in [0.5, 0.6) is 11.5 Å². The maximum atomic E-state index is 12.0. The number of carbonyl (C=O) groups is 1. The SMILES string of the molecule is COc1ccc(C=CC(=O)NC(=S)Nc2ccc(Br)cc2)cc1OC. The van der Waals surface area contributed by atoms with E-state index in [9.17, 15) is 4.79 Å². The Morgan fingerprint density at radius 2 is 1.76 bits per heavy atom. The third kappa shape index (κ3) is 5.88. The van der Waals surface area contributed by atoms with E-state index in [1.165, 1.54) is 6.08 Å². The molecule has 0 aliphatic carbocycles. The minimum absolute atomic E-state index is 0.226. The fourth-order valence-corrected chi connectivity index (χ4v) is 2.46. The van der Waals surface area contributed by atoms with Gasteiger partial charge in [-0.3, -0.25) is 10.1 Å². The lowest BCUT2D eigenvalue weighted by Gasteiger charge is -2.08. The summed E-state index contributed by atoms with van der Waals surface area (Å²) in [6.07, 6.45) is 3.07. The molecule has 0 fully saturated rings. The second-order valence-corrected chi connectivity index (χ2v) is 6.22. The Balaban J connectivity index is 1.93. The van der Waals surface area contributed by atoms with Crippen LogP contribution >= 0.6 is 28.1 Å². The highest BCUT2D eigenvalue weighted by Crippen LogP contribution is 2.27. The average Bonchev–Trinajstić information content (AvgIpc) is 2.61. The van der Waals surface area contributed by atoms with Gasteiger partial charge in [0, 0.05) is 16.2 Å². The van der Waals surface area contributed by atoms with Gasteiger partial charge in [0.15, 0.2) is 16.6 Å². The highest BCUT2D eigenvalue weighted by Gasteiger charge is 2.04. The van der Waals surface area contributed by atoms with Crippen LogP contribution in [0.4, 0.5) is 5.69 Å². The Bertz CT molecular complexity index is 791. The lowest BCUT2D eigenvalue weighted by atomic mass is 10.2. The molecule has 0 bridgehead atoms. The van der Waals surface area contributed by atoms with Gasteiger partial charge in [0.1, 0.15) is 0 Å². The molecule has 2 rings (SSSR count). The Morgan fingerprint density at radius 3 is 2.40 bits per heavy atom. The minimum Gasteiger partial charge on any atom is -0.493 e. The highest BCUT2D eigenvalue weighted by atomic mass is 79.9. The fraction of sp³-hybridized carbons (Fsp3) is 0.111. The molecule has 0 aliphatic heterocycles. The van der Waals surface area contributed by atoms with Crippen LogP contribution in [0.2, 0.25) is 0 Å². The van der Waals surface area contributed by atoms with Gasteiger partial charge in [-0.1, -0.05) is 22.0 Å². The molecule has 2 N–H and O–H groups in total. The van der Waals surface area contributed by atoms with Crippen molar-refractivity contribution in [2.24, 2.45) is 0 Å². The molecule has 25 heavy (non-hydrogen) atoms. The van der Waals surface area contributed by atoms with Crippen molar-refractivity contribution in [3.63, 3.8) is 0 Å². The van der Waals surface area contributed by atoms with Crippen molar-refractivity contribution in [1.29, 1.82) is 0 Å². The van der Waals surface area contributed by atoms with E-state index in [1.54, 1.807) is 32.4 Å². The monoisotopic (exact) mass is 420 g/mol. The van der Waals surface area contributed by atoms with Crippen molar-refractivity contribution in [3.8, 4) is 11.5 Å². The Morgan fingerprint density at radius 1 is 1.08 bits per heavy atom. The predicted molar refractivity (Wildman–Crippen MR) is 107 cm³/mol. The number of anilines is 1. The molecule has 0 atom stereocenters. The number of hydrogen-bond acceptors (Lipinski definition) is 4. The van der Waals surface area contributed by atoms with Gasteiger partial charge < -0.3 is 14.8 Å². The summed E-state index contributed by atoms with van der Waals surface area (Å²) in [5.41, 5.74) is 1.59. The van der Waals surface area contributed by atoms with Gasteiger partial charge in [0.05, 0.1) is 14.2 Å². The summed E-state index contributed by atoms with van der Waals surface area (Å²) < 4.78 is 11.4. The van der Waals surface area contributed by atoms with Gasteiger partial charge in [0.25, 0.3) is 0 Å². The normalized spacial score (nSPS) is 10.4. The molecule has 2 aromatic rings. The minimum atomic E-state index is -0.329. The molecule has 0 unspecified atom stereocenters. The molecule has 0 saturated carbocycles. The third-order valence-electron chi connectivity index (χ3n) is 3.17. The molecule has 1 amide bonds. The predicted octanol–water partition coefficient (Wildman–Crippen LogP) is 3.99. The number of carbonyl (C=O) groups excluding carboxylic acids is 1. The van der Waals surface area contributed by atoms with E-state index in [4.69, 9.17) is 21.7 Å². The van der Waals surface area contributed by atoms with E-state index >= 15 is 0 Å². The van der Waals surface area contributed by atoms with Crippen molar-refractivity contribution in [3.05, 3.63) is 58.6 Å². The van der Waals surface area contributed by atoms with Crippen LogP contribution in [0, 0.1) is 0 Å². The maximum Gasteiger partial charge on any atom is 0.250 e. The Hall–Kier alpha value is -2.38. The van der Waals surface area contributed by atoms with Crippen molar-refractivity contribution < 1.29 is 14.3 Å². The number of amides is 1. The topological polar surface area (TPSA) is 59.6 Å². The van der Waals surface area contributed by atoms with Gasteiger partial charge in [0.2, 0.25) is 5.91 Å². The standard InChI is InChI=1S/C18H17BrN2O3S/c1-23-15-9-3-12(11-16(15)24-2)4-10-17(22)21-18(25)20-14-7-5-13(19)6-8-14/h3-11H,1-2H3,(H2,20,21,22,25). The quantitative estimate of drug-likeness (QED) is 0.565. The zero-order valence-electron chi connectivity index (χ0n) is 13.7. The molecule has 0 radical (unpaired) electrons. The first-order valence-electron chi connectivity index (χ1n) is 7.29. The van der Waals surface area contributed by atoms with E-state index in [-0.39, 0.29) is 11.0 Å². The van der Waals surface area contributed by atoms with Crippen LogP contribution in [-0.2, 0) is 4.79 Å². The highest BCUT2D eigenvalue weighted by molar-refractivity contribution is 9.10. The number of rotatable bonds is 5.